The number of hydrogen-bond acceptors (Lipinski definition) is 2. The predicted molar refractivity (Wildman–Crippen MR) is 60.3 cm³/mol. The Morgan fingerprint density at radius 3 is 2.57 bits per heavy atom. The van der Waals surface area contributed by atoms with E-state index < -0.39 is 0 Å². The third-order valence-electron chi connectivity index (χ3n) is 3.25. The van der Waals surface area contributed by atoms with Crippen molar-refractivity contribution in [1.29, 1.82) is 0 Å². The summed E-state index contributed by atoms with van der Waals surface area (Å²) in [6.07, 6.45) is 2.45. The number of rotatable bonds is 2. The maximum Gasteiger partial charge on any atom is 0.0639 e. The molecule has 0 aromatic carbocycles. The van der Waals surface area contributed by atoms with E-state index in [-0.39, 0.29) is 6.10 Å². The van der Waals surface area contributed by atoms with Crippen molar-refractivity contribution in [3.05, 3.63) is 0 Å². The fourth-order valence-corrected chi connectivity index (χ4v) is 2.30. The van der Waals surface area contributed by atoms with Gasteiger partial charge in [0.1, 0.15) is 0 Å². The van der Waals surface area contributed by atoms with E-state index in [1.165, 1.54) is 12.8 Å². The van der Waals surface area contributed by atoms with E-state index in [9.17, 15) is 5.11 Å². The normalized spacial score (nSPS) is 27.6. The van der Waals surface area contributed by atoms with Crippen LogP contribution in [0.3, 0.4) is 0 Å². The summed E-state index contributed by atoms with van der Waals surface area (Å²) in [6, 6.07) is 0. The minimum Gasteiger partial charge on any atom is -0.392 e. The largest absolute Gasteiger partial charge is 0.392 e. The highest BCUT2D eigenvalue weighted by atomic mass is 16.3. The molecule has 1 N–H and O–H groups in total. The van der Waals surface area contributed by atoms with Gasteiger partial charge in [0, 0.05) is 13.1 Å². The number of nitrogens with zero attached hydrogens (tertiary/aromatic N) is 1. The van der Waals surface area contributed by atoms with Crippen LogP contribution in [-0.2, 0) is 0 Å². The lowest BCUT2D eigenvalue weighted by atomic mass is 9.76. The number of β-amino-alcohol motifs (C(OH)–C–C–N with tert-alkyl or cyclic N) is 1. The molecular formula is C12H25NO. The van der Waals surface area contributed by atoms with E-state index in [1.807, 2.05) is 6.92 Å². The lowest BCUT2D eigenvalue weighted by Gasteiger charge is -2.40. The van der Waals surface area contributed by atoms with E-state index in [2.05, 4.69) is 25.7 Å². The van der Waals surface area contributed by atoms with Gasteiger partial charge in [-0.1, -0.05) is 20.8 Å². The van der Waals surface area contributed by atoms with Gasteiger partial charge in [-0.05, 0) is 37.6 Å². The summed E-state index contributed by atoms with van der Waals surface area (Å²) in [5.74, 6) is 0.787. The molecule has 2 nitrogen and oxygen atoms in total. The first-order chi connectivity index (χ1) is 6.39. The maximum atomic E-state index is 9.35. The van der Waals surface area contributed by atoms with Crippen molar-refractivity contribution in [2.45, 2.75) is 46.6 Å². The van der Waals surface area contributed by atoms with E-state index in [0.717, 1.165) is 25.6 Å². The molecule has 0 aromatic heterocycles. The van der Waals surface area contributed by atoms with Crippen LogP contribution >= 0.6 is 0 Å². The van der Waals surface area contributed by atoms with Gasteiger partial charge >= 0.3 is 0 Å². The Balaban J connectivity index is 2.44. The van der Waals surface area contributed by atoms with Crippen LogP contribution in [0, 0.1) is 11.3 Å². The number of hydrogen-bond donors (Lipinski definition) is 1. The summed E-state index contributed by atoms with van der Waals surface area (Å²) in [5, 5.41) is 9.35. The second-order valence-electron chi connectivity index (χ2n) is 5.81. The van der Waals surface area contributed by atoms with Gasteiger partial charge in [-0.2, -0.15) is 0 Å². The Hall–Kier alpha value is -0.0800. The van der Waals surface area contributed by atoms with Crippen LogP contribution in [0.2, 0.25) is 0 Å². The quantitative estimate of drug-likeness (QED) is 0.736. The molecule has 0 amide bonds. The molecule has 84 valence electrons. The zero-order chi connectivity index (χ0) is 10.8. The van der Waals surface area contributed by atoms with Gasteiger partial charge in [-0.25, -0.2) is 0 Å². The smallest absolute Gasteiger partial charge is 0.0639 e. The molecule has 2 atom stereocenters. The Labute approximate surface area is 88.3 Å². The Morgan fingerprint density at radius 1 is 1.43 bits per heavy atom. The highest BCUT2D eigenvalue weighted by Gasteiger charge is 2.29. The summed E-state index contributed by atoms with van der Waals surface area (Å²) in [7, 11) is 0. The predicted octanol–water partition coefficient (Wildman–Crippen LogP) is 2.13. The molecule has 14 heavy (non-hydrogen) atoms. The average molecular weight is 199 g/mol. The van der Waals surface area contributed by atoms with E-state index in [0.29, 0.717) is 5.41 Å². The second-order valence-corrected chi connectivity index (χ2v) is 5.81. The summed E-state index contributed by atoms with van der Waals surface area (Å²) in [5.41, 5.74) is 0.414. The van der Waals surface area contributed by atoms with Crippen molar-refractivity contribution in [2.75, 3.05) is 19.6 Å². The SMILES string of the molecule is C[C@@H](O)CN1CCC[C@@H](C(C)(C)C)C1. The highest BCUT2D eigenvalue weighted by molar-refractivity contribution is 4.81. The Kier molecular flexibility index (Phi) is 3.96. The molecular weight excluding hydrogens is 174 g/mol. The fourth-order valence-electron chi connectivity index (χ4n) is 2.30. The van der Waals surface area contributed by atoms with Gasteiger partial charge in [-0.3, -0.25) is 0 Å². The first-order valence-electron chi connectivity index (χ1n) is 5.80. The topological polar surface area (TPSA) is 23.5 Å². The second kappa shape index (κ2) is 4.63. The molecule has 0 saturated carbocycles. The lowest BCUT2D eigenvalue weighted by Crippen LogP contribution is -2.43. The molecule has 0 bridgehead atoms. The summed E-state index contributed by atoms with van der Waals surface area (Å²) in [4.78, 5) is 2.41. The third-order valence-corrected chi connectivity index (χ3v) is 3.25. The zero-order valence-electron chi connectivity index (χ0n) is 10.1. The van der Waals surface area contributed by atoms with Gasteiger partial charge in [-0.15, -0.1) is 0 Å². The van der Waals surface area contributed by atoms with Gasteiger partial charge < -0.3 is 10.0 Å². The van der Waals surface area contributed by atoms with Crippen LogP contribution in [0.5, 0.6) is 0 Å². The molecule has 1 aliphatic heterocycles. The third kappa shape index (κ3) is 3.58. The first kappa shape index (κ1) is 12.0. The minimum absolute atomic E-state index is 0.186. The van der Waals surface area contributed by atoms with Crippen molar-refractivity contribution >= 4 is 0 Å². The molecule has 1 rings (SSSR count). The van der Waals surface area contributed by atoms with Gasteiger partial charge in [0.15, 0.2) is 0 Å². The average Bonchev–Trinajstić information content (AvgIpc) is 2.01. The van der Waals surface area contributed by atoms with Crippen LogP contribution < -0.4 is 0 Å². The molecule has 0 aromatic rings. The monoisotopic (exact) mass is 199 g/mol. The van der Waals surface area contributed by atoms with Crippen LogP contribution in [0.1, 0.15) is 40.5 Å². The Bertz CT molecular complexity index is 172. The number of aliphatic hydroxyl groups is 1. The van der Waals surface area contributed by atoms with Gasteiger partial charge in [0.25, 0.3) is 0 Å². The van der Waals surface area contributed by atoms with Gasteiger partial charge in [0.05, 0.1) is 6.10 Å². The van der Waals surface area contributed by atoms with E-state index in [4.69, 9.17) is 0 Å². The van der Waals surface area contributed by atoms with Crippen LogP contribution in [0.15, 0.2) is 0 Å². The number of likely N-dealkylation sites (tertiary alicyclic amines) is 1. The molecule has 1 heterocycles. The van der Waals surface area contributed by atoms with Crippen LogP contribution in [-0.4, -0.2) is 35.7 Å². The minimum atomic E-state index is -0.186. The van der Waals surface area contributed by atoms with E-state index in [1.54, 1.807) is 0 Å². The molecule has 0 radical (unpaired) electrons. The maximum absolute atomic E-state index is 9.35. The molecule has 0 spiro atoms. The standard InChI is InChI=1S/C12H25NO/c1-10(14)8-13-7-5-6-11(9-13)12(2,3)4/h10-11,14H,5-9H2,1-4H3/t10-,11-/m1/s1. The number of aliphatic hydroxyl groups excluding tert-OH is 1. The van der Waals surface area contributed by atoms with Crippen molar-refractivity contribution in [3.8, 4) is 0 Å². The molecule has 1 fully saturated rings. The lowest BCUT2D eigenvalue weighted by molar-refractivity contribution is 0.0608. The number of piperidine rings is 1. The van der Waals surface area contributed by atoms with Crippen molar-refractivity contribution in [2.24, 2.45) is 11.3 Å². The van der Waals surface area contributed by atoms with E-state index >= 15 is 0 Å². The first-order valence-corrected chi connectivity index (χ1v) is 5.80. The molecule has 0 aliphatic carbocycles. The van der Waals surface area contributed by atoms with Crippen molar-refractivity contribution in [3.63, 3.8) is 0 Å². The van der Waals surface area contributed by atoms with Crippen LogP contribution in [0.25, 0.3) is 0 Å². The molecule has 1 aliphatic rings. The van der Waals surface area contributed by atoms with Crippen LogP contribution in [0.4, 0.5) is 0 Å². The fraction of sp³-hybridized carbons (Fsp3) is 1.00. The van der Waals surface area contributed by atoms with Gasteiger partial charge in [0.2, 0.25) is 0 Å². The summed E-state index contributed by atoms with van der Waals surface area (Å²) >= 11 is 0. The molecule has 1 saturated heterocycles. The van der Waals surface area contributed by atoms with Crippen molar-refractivity contribution in [1.82, 2.24) is 4.90 Å². The molecule has 2 heteroatoms. The summed E-state index contributed by atoms with van der Waals surface area (Å²) < 4.78 is 0. The van der Waals surface area contributed by atoms with Crippen molar-refractivity contribution < 1.29 is 5.11 Å². The zero-order valence-corrected chi connectivity index (χ0v) is 10.1. The highest BCUT2D eigenvalue weighted by Crippen LogP contribution is 2.33. The summed E-state index contributed by atoms with van der Waals surface area (Å²) in [6.45, 7) is 12.0. The molecule has 0 unspecified atom stereocenters. The Morgan fingerprint density at radius 2 is 2.07 bits per heavy atom.